The molecule has 1 aliphatic rings. The number of carbonyl (C=O) groups is 1. The first-order valence-corrected chi connectivity index (χ1v) is 4.62. The van der Waals surface area contributed by atoms with Crippen LogP contribution < -0.4 is 0 Å². The second kappa shape index (κ2) is 3.28. The number of carbonyl (C=O) groups excluding carboxylic acids is 1. The van der Waals surface area contributed by atoms with Crippen molar-refractivity contribution in [2.45, 2.75) is 32.2 Å². The molecule has 1 aromatic rings. The lowest BCUT2D eigenvalue weighted by Crippen LogP contribution is -2.08. The van der Waals surface area contributed by atoms with Gasteiger partial charge in [0.15, 0.2) is 0 Å². The maximum Gasteiger partial charge on any atom is 0.132 e. The van der Waals surface area contributed by atoms with Gasteiger partial charge in [0.05, 0.1) is 0 Å². The molecule has 1 aliphatic carbocycles. The van der Waals surface area contributed by atoms with Crippen LogP contribution in [0.2, 0.25) is 0 Å². The van der Waals surface area contributed by atoms with Crippen molar-refractivity contribution in [2.75, 3.05) is 0 Å². The summed E-state index contributed by atoms with van der Waals surface area (Å²) < 4.78 is 2.00. The first kappa shape index (κ1) is 8.41. The van der Waals surface area contributed by atoms with E-state index in [2.05, 4.69) is 10.2 Å². The van der Waals surface area contributed by atoms with Gasteiger partial charge in [-0.25, -0.2) is 0 Å². The molecule has 4 nitrogen and oxygen atoms in total. The smallest absolute Gasteiger partial charge is 0.132 e. The summed E-state index contributed by atoms with van der Waals surface area (Å²) in [5, 5.41) is 7.53. The lowest BCUT2D eigenvalue weighted by molar-refractivity contribution is -0.120. The molecule has 2 atom stereocenters. The highest BCUT2D eigenvalue weighted by atomic mass is 16.1. The molecule has 13 heavy (non-hydrogen) atoms. The molecular weight excluding hydrogens is 166 g/mol. The molecule has 1 saturated carbocycles. The molecule has 0 aromatic carbocycles. The fourth-order valence-electron chi connectivity index (χ4n) is 1.99. The number of aromatic nitrogens is 3. The van der Waals surface area contributed by atoms with Gasteiger partial charge in [-0.3, -0.25) is 4.79 Å². The van der Waals surface area contributed by atoms with Gasteiger partial charge in [0.2, 0.25) is 0 Å². The molecule has 1 aromatic heterocycles. The quantitative estimate of drug-likeness (QED) is 0.685. The Morgan fingerprint density at radius 1 is 1.38 bits per heavy atom. The molecule has 1 heterocycles. The van der Waals surface area contributed by atoms with E-state index >= 15 is 0 Å². The predicted molar refractivity (Wildman–Crippen MR) is 47.1 cm³/mol. The Morgan fingerprint density at radius 3 is 2.62 bits per heavy atom. The van der Waals surface area contributed by atoms with E-state index in [4.69, 9.17) is 0 Å². The third kappa shape index (κ3) is 1.61. The van der Waals surface area contributed by atoms with E-state index in [0.717, 1.165) is 19.3 Å². The minimum Gasteiger partial charge on any atom is -0.317 e. The molecule has 0 bridgehead atoms. The van der Waals surface area contributed by atoms with Gasteiger partial charge < -0.3 is 4.57 Å². The van der Waals surface area contributed by atoms with Crippen LogP contribution in [0.4, 0.5) is 0 Å². The Kier molecular flexibility index (Phi) is 2.12. The number of rotatable bonds is 2. The minimum atomic E-state index is 0.257. The largest absolute Gasteiger partial charge is 0.317 e. The van der Waals surface area contributed by atoms with Gasteiger partial charge in [-0.05, 0) is 26.2 Å². The monoisotopic (exact) mass is 179 g/mol. The Hall–Kier alpha value is -1.19. The molecule has 0 spiro atoms. The molecule has 4 heteroatoms. The van der Waals surface area contributed by atoms with Gasteiger partial charge in [-0.1, -0.05) is 0 Å². The fraction of sp³-hybridized carbons (Fsp3) is 0.667. The minimum absolute atomic E-state index is 0.257. The lowest BCUT2D eigenvalue weighted by atomic mass is 10.0. The van der Waals surface area contributed by atoms with Crippen molar-refractivity contribution in [1.82, 2.24) is 14.8 Å². The van der Waals surface area contributed by atoms with Gasteiger partial charge >= 0.3 is 0 Å². The van der Waals surface area contributed by atoms with Crippen LogP contribution in [-0.2, 0) is 4.79 Å². The molecule has 0 amide bonds. The molecule has 1 fully saturated rings. The van der Waals surface area contributed by atoms with E-state index in [9.17, 15) is 4.79 Å². The van der Waals surface area contributed by atoms with Crippen LogP contribution in [0.1, 0.15) is 32.2 Å². The topological polar surface area (TPSA) is 47.8 Å². The summed E-state index contributed by atoms with van der Waals surface area (Å²) in [6.07, 6.45) is 6.49. The third-order valence-electron chi connectivity index (χ3n) is 2.84. The summed E-state index contributed by atoms with van der Waals surface area (Å²) in [6.45, 7) is 1.68. The van der Waals surface area contributed by atoms with E-state index in [1.165, 1.54) is 0 Å². The molecular formula is C9H13N3O. The highest BCUT2D eigenvalue weighted by Gasteiger charge is 2.28. The fourth-order valence-corrected chi connectivity index (χ4v) is 1.99. The lowest BCUT2D eigenvalue weighted by Gasteiger charge is -2.09. The molecule has 2 rings (SSSR count). The summed E-state index contributed by atoms with van der Waals surface area (Å²) in [5.74, 6) is 0.572. The molecule has 0 saturated heterocycles. The maximum absolute atomic E-state index is 11.1. The summed E-state index contributed by atoms with van der Waals surface area (Å²) in [7, 11) is 0. The Balaban J connectivity index is 2.03. The summed E-state index contributed by atoms with van der Waals surface area (Å²) in [4.78, 5) is 11.1. The number of nitrogens with zero attached hydrogens (tertiary/aromatic N) is 3. The van der Waals surface area contributed by atoms with Crippen molar-refractivity contribution < 1.29 is 4.79 Å². The number of ketones is 1. The maximum atomic E-state index is 11.1. The average molecular weight is 179 g/mol. The highest BCUT2D eigenvalue weighted by Crippen LogP contribution is 2.34. The van der Waals surface area contributed by atoms with E-state index in [1.807, 2.05) is 4.57 Å². The zero-order valence-corrected chi connectivity index (χ0v) is 7.68. The molecule has 0 unspecified atom stereocenters. The van der Waals surface area contributed by atoms with Crippen molar-refractivity contribution >= 4 is 5.78 Å². The van der Waals surface area contributed by atoms with Crippen LogP contribution in [0.3, 0.4) is 0 Å². The molecule has 70 valence electrons. The Bertz CT molecular complexity index is 294. The Labute approximate surface area is 77.0 Å². The summed E-state index contributed by atoms with van der Waals surface area (Å²) in [6, 6.07) is 0.434. The van der Waals surface area contributed by atoms with Gasteiger partial charge in [0.25, 0.3) is 0 Å². The number of hydrogen-bond donors (Lipinski definition) is 0. The zero-order valence-electron chi connectivity index (χ0n) is 7.68. The van der Waals surface area contributed by atoms with Crippen LogP contribution in [0.5, 0.6) is 0 Å². The highest BCUT2D eigenvalue weighted by molar-refractivity contribution is 5.78. The first-order valence-electron chi connectivity index (χ1n) is 4.62. The summed E-state index contributed by atoms with van der Waals surface area (Å²) in [5.41, 5.74) is 0. The van der Waals surface area contributed by atoms with E-state index in [1.54, 1.807) is 19.6 Å². The predicted octanol–water partition coefficient (Wildman–Crippen LogP) is 1.21. The second-order valence-corrected chi connectivity index (χ2v) is 3.68. The van der Waals surface area contributed by atoms with Gasteiger partial charge in [0.1, 0.15) is 18.4 Å². The Morgan fingerprint density at radius 2 is 2.08 bits per heavy atom. The van der Waals surface area contributed by atoms with Crippen LogP contribution >= 0.6 is 0 Å². The SMILES string of the molecule is CC(=O)[C@H]1CC[C@@H](n2cnnc2)C1. The van der Waals surface area contributed by atoms with Crippen molar-refractivity contribution in [2.24, 2.45) is 5.92 Å². The van der Waals surface area contributed by atoms with Crippen molar-refractivity contribution in [3.8, 4) is 0 Å². The van der Waals surface area contributed by atoms with Gasteiger partial charge in [-0.15, -0.1) is 10.2 Å². The van der Waals surface area contributed by atoms with Crippen molar-refractivity contribution in [1.29, 1.82) is 0 Å². The van der Waals surface area contributed by atoms with Crippen LogP contribution in [-0.4, -0.2) is 20.5 Å². The van der Waals surface area contributed by atoms with E-state index < -0.39 is 0 Å². The third-order valence-corrected chi connectivity index (χ3v) is 2.84. The summed E-state index contributed by atoms with van der Waals surface area (Å²) >= 11 is 0. The average Bonchev–Trinajstić information content (AvgIpc) is 2.75. The molecule has 0 N–H and O–H groups in total. The van der Waals surface area contributed by atoms with E-state index in [0.29, 0.717) is 11.8 Å². The standard InChI is InChI=1S/C9H13N3O/c1-7(13)8-2-3-9(4-8)12-5-10-11-6-12/h5-6,8-9H,2-4H2,1H3/t8-,9+/m0/s1. The van der Waals surface area contributed by atoms with Crippen LogP contribution in [0.25, 0.3) is 0 Å². The number of Topliss-reactive ketones (excluding diaryl/α,β-unsaturated/α-hetero) is 1. The second-order valence-electron chi connectivity index (χ2n) is 3.68. The molecule has 0 radical (unpaired) electrons. The van der Waals surface area contributed by atoms with Gasteiger partial charge in [0, 0.05) is 12.0 Å². The van der Waals surface area contributed by atoms with Crippen molar-refractivity contribution in [3.63, 3.8) is 0 Å². The van der Waals surface area contributed by atoms with Crippen molar-refractivity contribution in [3.05, 3.63) is 12.7 Å². The normalized spacial score (nSPS) is 27.8. The zero-order chi connectivity index (χ0) is 9.26. The van der Waals surface area contributed by atoms with Gasteiger partial charge in [-0.2, -0.15) is 0 Å². The molecule has 0 aliphatic heterocycles. The number of hydrogen-bond acceptors (Lipinski definition) is 3. The first-order chi connectivity index (χ1) is 6.27. The van der Waals surface area contributed by atoms with Crippen LogP contribution in [0.15, 0.2) is 12.7 Å². The van der Waals surface area contributed by atoms with E-state index in [-0.39, 0.29) is 5.92 Å². The van der Waals surface area contributed by atoms with Crippen LogP contribution in [0, 0.1) is 5.92 Å².